The molecule has 0 fully saturated rings. The van der Waals surface area contributed by atoms with Gasteiger partial charge >= 0.3 is 0 Å². The summed E-state index contributed by atoms with van der Waals surface area (Å²) in [4.78, 5) is 0. The first kappa shape index (κ1) is 10.6. The van der Waals surface area contributed by atoms with E-state index in [-0.39, 0.29) is 5.75 Å². The summed E-state index contributed by atoms with van der Waals surface area (Å²) in [6, 6.07) is 10.2. The highest BCUT2D eigenvalue weighted by Crippen LogP contribution is 2.35. The van der Waals surface area contributed by atoms with E-state index in [4.69, 9.17) is 23.1 Å². The standard InChI is InChI=1S/C12H11ClN2O/c13-10-5-9(12(16)6-11(10)15)7-1-3-8(14)4-2-7/h1-6,16H,14-15H2. The fourth-order valence-corrected chi connectivity index (χ4v) is 1.64. The Labute approximate surface area is 98.3 Å². The van der Waals surface area contributed by atoms with Gasteiger partial charge in [-0.1, -0.05) is 23.7 Å². The van der Waals surface area contributed by atoms with Gasteiger partial charge in [0.05, 0.1) is 10.7 Å². The lowest BCUT2D eigenvalue weighted by molar-refractivity contribution is 0.477. The van der Waals surface area contributed by atoms with E-state index < -0.39 is 0 Å². The van der Waals surface area contributed by atoms with Gasteiger partial charge in [0.25, 0.3) is 0 Å². The molecule has 82 valence electrons. The van der Waals surface area contributed by atoms with Gasteiger partial charge in [0.15, 0.2) is 0 Å². The summed E-state index contributed by atoms with van der Waals surface area (Å²) < 4.78 is 0. The monoisotopic (exact) mass is 234 g/mol. The third-order valence-electron chi connectivity index (χ3n) is 2.34. The van der Waals surface area contributed by atoms with Crippen molar-refractivity contribution in [2.75, 3.05) is 11.5 Å². The van der Waals surface area contributed by atoms with Crippen LogP contribution in [0.2, 0.25) is 5.02 Å². The zero-order valence-electron chi connectivity index (χ0n) is 8.44. The maximum absolute atomic E-state index is 9.77. The van der Waals surface area contributed by atoms with Gasteiger partial charge in [-0.2, -0.15) is 0 Å². The van der Waals surface area contributed by atoms with Gasteiger partial charge in [-0.25, -0.2) is 0 Å². The lowest BCUT2D eigenvalue weighted by atomic mass is 10.0. The molecule has 0 radical (unpaired) electrons. The summed E-state index contributed by atoms with van der Waals surface area (Å²) in [5.74, 6) is 0.103. The van der Waals surface area contributed by atoms with E-state index in [2.05, 4.69) is 0 Å². The van der Waals surface area contributed by atoms with Gasteiger partial charge in [-0.15, -0.1) is 0 Å². The van der Waals surface area contributed by atoms with Crippen molar-refractivity contribution in [3.63, 3.8) is 0 Å². The Morgan fingerprint density at radius 3 is 2.25 bits per heavy atom. The van der Waals surface area contributed by atoms with Crippen LogP contribution in [0.4, 0.5) is 11.4 Å². The van der Waals surface area contributed by atoms with Crippen LogP contribution >= 0.6 is 11.6 Å². The first-order valence-corrected chi connectivity index (χ1v) is 5.09. The summed E-state index contributed by atoms with van der Waals surface area (Å²) in [7, 11) is 0. The molecule has 0 saturated carbocycles. The molecule has 0 bridgehead atoms. The number of nitrogens with two attached hydrogens (primary N) is 2. The molecule has 0 unspecified atom stereocenters. The number of phenolic OH excluding ortho intramolecular Hbond substituents is 1. The van der Waals surface area contributed by atoms with Crippen LogP contribution in [0.3, 0.4) is 0 Å². The van der Waals surface area contributed by atoms with E-state index in [1.54, 1.807) is 18.2 Å². The van der Waals surface area contributed by atoms with E-state index in [1.165, 1.54) is 6.07 Å². The molecule has 16 heavy (non-hydrogen) atoms. The zero-order valence-corrected chi connectivity index (χ0v) is 9.20. The minimum absolute atomic E-state index is 0.103. The summed E-state index contributed by atoms with van der Waals surface area (Å²) >= 11 is 5.91. The number of aromatic hydroxyl groups is 1. The number of phenols is 1. The van der Waals surface area contributed by atoms with E-state index in [1.807, 2.05) is 12.1 Å². The molecule has 0 amide bonds. The molecule has 5 N–H and O–H groups in total. The van der Waals surface area contributed by atoms with Crippen LogP contribution in [0.1, 0.15) is 0 Å². The lowest BCUT2D eigenvalue weighted by Crippen LogP contribution is -1.88. The molecule has 2 rings (SSSR count). The molecule has 0 saturated heterocycles. The van der Waals surface area contributed by atoms with Gasteiger partial charge in [0.2, 0.25) is 0 Å². The summed E-state index contributed by atoms with van der Waals surface area (Å²) in [6.07, 6.45) is 0. The molecule has 3 nitrogen and oxygen atoms in total. The largest absolute Gasteiger partial charge is 0.507 e. The highest BCUT2D eigenvalue weighted by molar-refractivity contribution is 6.33. The maximum atomic E-state index is 9.77. The van der Waals surface area contributed by atoms with Crippen LogP contribution in [0, 0.1) is 0 Å². The van der Waals surface area contributed by atoms with E-state index in [0.717, 1.165) is 5.56 Å². The van der Waals surface area contributed by atoms with E-state index in [9.17, 15) is 5.11 Å². The average molecular weight is 235 g/mol. The zero-order chi connectivity index (χ0) is 11.7. The minimum Gasteiger partial charge on any atom is -0.507 e. The van der Waals surface area contributed by atoms with Crippen molar-refractivity contribution in [2.45, 2.75) is 0 Å². The van der Waals surface area contributed by atoms with Crippen LogP contribution in [-0.4, -0.2) is 5.11 Å². The SMILES string of the molecule is Nc1ccc(-c2cc(Cl)c(N)cc2O)cc1. The highest BCUT2D eigenvalue weighted by atomic mass is 35.5. The van der Waals surface area contributed by atoms with Crippen molar-refractivity contribution in [1.82, 2.24) is 0 Å². The first-order chi connectivity index (χ1) is 7.58. The molecular weight excluding hydrogens is 224 g/mol. The molecule has 0 aliphatic heterocycles. The molecule has 0 aromatic heterocycles. The van der Waals surface area contributed by atoms with Crippen LogP contribution in [-0.2, 0) is 0 Å². The Hall–Kier alpha value is -1.87. The van der Waals surface area contributed by atoms with Crippen LogP contribution < -0.4 is 11.5 Å². The topological polar surface area (TPSA) is 72.3 Å². The Morgan fingerprint density at radius 2 is 1.62 bits per heavy atom. The van der Waals surface area contributed by atoms with Crippen molar-refractivity contribution in [3.8, 4) is 16.9 Å². The number of hydrogen-bond donors (Lipinski definition) is 3. The summed E-state index contributed by atoms with van der Waals surface area (Å²) in [6.45, 7) is 0. The number of nitrogen functional groups attached to an aromatic ring is 2. The van der Waals surface area contributed by atoms with Gasteiger partial charge in [0.1, 0.15) is 5.75 Å². The Kier molecular flexibility index (Phi) is 2.62. The quantitative estimate of drug-likeness (QED) is 0.665. The van der Waals surface area contributed by atoms with Gasteiger partial charge in [-0.05, 0) is 23.8 Å². The number of benzene rings is 2. The molecule has 4 heteroatoms. The fraction of sp³-hybridized carbons (Fsp3) is 0. The minimum atomic E-state index is 0.103. The molecular formula is C12H11ClN2O. The molecule has 0 heterocycles. The highest BCUT2D eigenvalue weighted by Gasteiger charge is 2.07. The average Bonchev–Trinajstić information content (AvgIpc) is 2.25. The predicted molar refractivity (Wildman–Crippen MR) is 67.4 cm³/mol. The van der Waals surface area contributed by atoms with Crippen LogP contribution in [0.5, 0.6) is 5.75 Å². The number of hydrogen-bond acceptors (Lipinski definition) is 3. The number of anilines is 2. The normalized spacial score (nSPS) is 10.3. The summed E-state index contributed by atoms with van der Waals surface area (Å²) in [5.41, 5.74) is 13.7. The van der Waals surface area contributed by atoms with Crippen molar-refractivity contribution in [1.29, 1.82) is 0 Å². The molecule has 0 aliphatic carbocycles. The number of halogens is 1. The van der Waals surface area contributed by atoms with Gasteiger partial charge in [-0.3, -0.25) is 0 Å². The third kappa shape index (κ3) is 1.90. The Morgan fingerprint density at radius 1 is 1.00 bits per heavy atom. The second-order valence-corrected chi connectivity index (χ2v) is 3.92. The molecule has 0 aliphatic rings. The predicted octanol–water partition coefficient (Wildman–Crippen LogP) is 2.88. The van der Waals surface area contributed by atoms with Crippen molar-refractivity contribution < 1.29 is 5.11 Å². The second kappa shape index (κ2) is 3.94. The summed E-state index contributed by atoms with van der Waals surface area (Å²) in [5, 5.41) is 10.2. The van der Waals surface area contributed by atoms with Crippen molar-refractivity contribution in [3.05, 3.63) is 41.4 Å². The molecule has 2 aromatic carbocycles. The van der Waals surface area contributed by atoms with Gasteiger partial charge < -0.3 is 16.6 Å². The molecule has 0 spiro atoms. The van der Waals surface area contributed by atoms with Gasteiger partial charge in [0, 0.05) is 17.3 Å². The fourth-order valence-electron chi connectivity index (χ4n) is 1.47. The van der Waals surface area contributed by atoms with Crippen molar-refractivity contribution >= 4 is 23.0 Å². The molecule has 0 atom stereocenters. The maximum Gasteiger partial charge on any atom is 0.125 e. The Balaban J connectivity index is 2.56. The van der Waals surface area contributed by atoms with Crippen molar-refractivity contribution in [2.24, 2.45) is 0 Å². The van der Waals surface area contributed by atoms with Crippen LogP contribution in [0.15, 0.2) is 36.4 Å². The Bertz CT molecular complexity index is 523. The van der Waals surface area contributed by atoms with E-state index in [0.29, 0.717) is 22.0 Å². The lowest BCUT2D eigenvalue weighted by Gasteiger charge is -2.07. The third-order valence-corrected chi connectivity index (χ3v) is 2.66. The van der Waals surface area contributed by atoms with Crippen LogP contribution in [0.25, 0.3) is 11.1 Å². The first-order valence-electron chi connectivity index (χ1n) is 4.72. The number of rotatable bonds is 1. The second-order valence-electron chi connectivity index (χ2n) is 3.51. The smallest absolute Gasteiger partial charge is 0.125 e. The van der Waals surface area contributed by atoms with E-state index >= 15 is 0 Å². The molecule has 2 aromatic rings.